The summed E-state index contributed by atoms with van der Waals surface area (Å²) in [4.78, 5) is 14.7. The standard InChI is InChI=1S/C21H28FNO4/c1-2-26-21-17(6-5-13-24)18(15-7-9-16(22)10-8-15)14-19(27-21)20(25)23-11-3-4-12-23/h7-10,14,17-18,21,24H,2-6,11-13H2,1H3/t17-,18+,21+/m0/s1. The molecule has 3 rings (SSSR count). The molecule has 0 aromatic heterocycles. The van der Waals surface area contributed by atoms with Crippen LogP contribution in [-0.2, 0) is 14.3 Å². The van der Waals surface area contributed by atoms with Crippen molar-refractivity contribution in [3.63, 3.8) is 0 Å². The molecule has 1 fully saturated rings. The average Bonchev–Trinajstić information content (AvgIpc) is 3.21. The summed E-state index contributed by atoms with van der Waals surface area (Å²) in [6.45, 7) is 3.91. The molecule has 3 atom stereocenters. The molecule has 0 spiro atoms. The van der Waals surface area contributed by atoms with E-state index in [1.807, 2.05) is 17.9 Å². The number of likely N-dealkylation sites (tertiary alicyclic amines) is 1. The van der Waals surface area contributed by atoms with Crippen molar-refractivity contribution in [2.45, 2.75) is 44.8 Å². The highest BCUT2D eigenvalue weighted by Crippen LogP contribution is 2.39. The molecule has 5 nitrogen and oxygen atoms in total. The van der Waals surface area contributed by atoms with Gasteiger partial charge in [0.05, 0.1) is 0 Å². The number of aliphatic hydroxyl groups is 1. The van der Waals surface area contributed by atoms with Crippen LogP contribution in [0.1, 0.15) is 44.1 Å². The number of benzene rings is 1. The van der Waals surface area contributed by atoms with E-state index >= 15 is 0 Å². The molecular weight excluding hydrogens is 349 g/mol. The maximum absolute atomic E-state index is 13.4. The molecule has 1 aromatic carbocycles. The first-order valence-electron chi connectivity index (χ1n) is 9.79. The van der Waals surface area contributed by atoms with Crippen LogP contribution in [0.2, 0.25) is 0 Å². The Labute approximate surface area is 159 Å². The van der Waals surface area contributed by atoms with Crippen molar-refractivity contribution in [3.05, 3.63) is 47.5 Å². The summed E-state index contributed by atoms with van der Waals surface area (Å²) in [6, 6.07) is 6.35. The number of nitrogens with zero attached hydrogens (tertiary/aromatic N) is 1. The summed E-state index contributed by atoms with van der Waals surface area (Å²) in [6.07, 6.45) is 4.60. The molecule has 0 aliphatic carbocycles. The lowest BCUT2D eigenvalue weighted by molar-refractivity contribution is -0.170. The lowest BCUT2D eigenvalue weighted by atomic mass is 9.80. The molecule has 0 bridgehead atoms. The van der Waals surface area contributed by atoms with Gasteiger partial charge in [0, 0.05) is 38.1 Å². The first-order chi connectivity index (χ1) is 13.1. The van der Waals surface area contributed by atoms with E-state index in [4.69, 9.17) is 9.47 Å². The van der Waals surface area contributed by atoms with Crippen LogP contribution in [0.15, 0.2) is 36.1 Å². The van der Waals surface area contributed by atoms with Crippen molar-refractivity contribution in [2.75, 3.05) is 26.3 Å². The summed E-state index contributed by atoms with van der Waals surface area (Å²) in [7, 11) is 0. The van der Waals surface area contributed by atoms with Crippen molar-refractivity contribution < 1.29 is 23.8 Å². The number of hydrogen-bond acceptors (Lipinski definition) is 4. The van der Waals surface area contributed by atoms with E-state index in [2.05, 4.69) is 0 Å². The zero-order valence-corrected chi connectivity index (χ0v) is 15.8. The number of halogens is 1. The van der Waals surface area contributed by atoms with E-state index in [0.717, 1.165) is 31.5 Å². The topological polar surface area (TPSA) is 59.0 Å². The molecule has 1 saturated heterocycles. The molecule has 0 unspecified atom stereocenters. The molecule has 1 N–H and O–H groups in total. The fourth-order valence-corrected chi connectivity index (χ4v) is 3.90. The summed E-state index contributed by atoms with van der Waals surface area (Å²) in [5.74, 6) is -0.284. The third-order valence-electron chi connectivity index (χ3n) is 5.27. The van der Waals surface area contributed by atoms with Crippen LogP contribution < -0.4 is 0 Å². The average molecular weight is 377 g/mol. The highest BCUT2D eigenvalue weighted by atomic mass is 19.1. The van der Waals surface area contributed by atoms with Crippen LogP contribution >= 0.6 is 0 Å². The summed E-state index contributed by atoms with van der Waals surface area (Å²) < 4.78 is 25.2. The van der Waals surface area contributed by atoms with E-state index in [-0.39, 0.29) is 30.2 Å². The normalized spacial score (nSPS) is 25.2. The Balaban J connectivity index is 1.93. The number of amides is 1. The Bertz CT molecular complexity index is 655. The van der Waals surface area contributed by atoms with Gasteiger partial charge in [0.15, 0.2) is 5.76 Å². The van der Waals surface area contributed by atoms with Gasteiger partial charge < -0.3 is 19.5 Å². The molecule has 0 radical (unpaired) electrons. The first-order valence-corrected chi connectivity index (χ1v) is 9.79. The van der Waals surface area contributed by atoms with Crippen LogP contribution in [0.3, 0.4) is 0 Å². The lowest BCUT2D eigenvalue weighted by Crippen LogP contribution is -2.39. The van der Waals surface area contributed by atoms with E-state index in [0.29, 0.717) is 25.2 Å². The quantitative estimate of drug-likeness (QED) is 0.793. The Hall–Kier alpha value is -1.92. The van der Waals surface area contributed by atoms with Crippen LogP contribution in [0.5, 0.6) is 0 Å². The molecule has 2 aliphatic heterocycles. The molecular formula is C21H28FNO4. The van der Waals surface area contributed by atoms with Crippen molar-refractivity contribution in [3.8, 4) is 0 Å². The Morgan fingerprint density at radius 1 is 1.30 bits per heavy atom. The van der Waals surface area contributed by atoms with Gasteiger partial charge in [-0.2, -0.15) is 0 Å². The number of aliphatic hydroxyl groups excluding tert-OH is 1. The zero-order chi connectivity index (χ0) is 19.2. The minimum atomic E-state index is -0.567. The van der Waals surface area contributed by atoms with Gasteiger partial charge in [-0.15, -0.1) is 0 Å². The van der Waals surface area contributed by atoms with Crippen LogP contribution in [0.25, 0.3) is 0 Å². The molecule has 1 aromatic rings. The van der Waals surface area contributed by atoms with E-state index < -0.39 is 6.29 Å². The highest BCUT2D eigenvalue weighted by Gasteiger charge is 2.39. The van der Waals surface area contributed by atoms with Crippen LogP contribution in [-0.4, -0.2) is 48.5 Å². The zero-order valence-electron chi connectivity index (χ0n) is 15.8. The van der Waals surface area contributed by atoms with Gasteiger partial charge in [-0.3, -0.25) is 4.79 Å². The largest absolute Gasteiger partial charge is 0.459 e. The Kier molecular flexibility index (Phi) is 6.85. The van der Waals surface area contributed by atoms with E-state index in [1.165, 1.54) is 12.1 Å². The minimum absolute atomic E-state index is 0.0577. The Morgan fingerprint density at radius 3 is 2.63 bits per heavy atom. The molecule has 148 valence electrons. The van der Waals surface area contributed by atoms with Crippen molar-refractivity contribution in [1.29, 1.82) is 0 Å². The predicted molar refractivity (Wildman–Crippen MR) is 99.3 cm³/mol. The monoisotopic (exact) mass is 377 g/mol. The van der Waals surface area contributed by atoms with Gasteiger partial charge >= 0.3 is 0 Å². The van der Waals surface area contributed by atoms with Gasteiger partial charge in [0.25, 0.3) is 5.91 Å². The molecule has 6 heteroatoms. The van der Waals surface area contributed by atoms with Crippen molar-refractivity contribution in [2.24, 2.45) is 5.92 Å². The fraction of sp³-hybridized carbons (Fsp3) is 0.571. The van der Waals surface area contributed by atoms with E-state index in [1.54, 1.807) is 12.1 Å². The smallest absolute Gasteiger partial charge is 0.288 e. The molecule has 0 saturated carbocycles. The van der Waals surface area contributed by atoms with Crippen molar-refractivity contribution in [1.82, 2.24) is 4.90 Å². The Morgan fingerprint density at radius 2 is 2.00 bits per heavy atom. The van der Waals surface area contributed by atoms with Crippen LogP contribution in [0, 0.1) is 11.7 Å². The second kappa shape index (κ2) is 9.33. The number of carbonyl (C=O) groups excluding carboxylic acids is 1. The number of carbonyl (C=O) groups is 1. The van der Waals surface area contributed by atoms with Gasteiger partial charge in [0.1, 0.15) is 5.82 Å². The first kappa shape index (κ1) is 19.8. The summed E-state index contributed by atoms with van der Waals surface area (Å²) >= 11 is 0. The number of rotatable bonds is 7. The molecule has 1 amide bonds. The minimum Gasteiger partial charge on any atom is -0.459 e. The van der Waals surface area contributed by atoms with E-state index in [9.17, 15) is 14.3 Å². The second-order valence-electron chi connectivity index (χ2n) is 7.08. The van der Waals surface area contributed by atoms with Gasteiger partial charge in [-0.1, -0.05) is 12.1 Å². The molecule has 27 heavy (non-hydrogen) atoms. The maximum atomic E-state index is 13.4. The maximum Gasteiger partial charge on any atom is 0.288 e. The van der Waals surface area contributed by atoms with Crippen LogP contribution in [0.4, 0.5) is 4.39 Å². The fourth-order valence-electron chi connectivity index (χ4n) is 3.90. The third kappa shape index (κ3) is 4.68. The summed E-state index contributed by atoms with van der Waals surface area (Å²) in [5.41, 5.74) is 0.916. The van der Waals surface area contributed by atoms with Gasteiger partial charge in [0.2, 0.25) is 6.29 Å². The number of hydrogen-bond donors (Lipinski definition) is 1. The number of ether oxygens (including phenoxy) is 2. The summed E-state index contributed by atoms with van der Waals surface area (Å²) in [5, 5.41) is 9.28. The van der Waals surface area contributed by atoms with Gasteiger partial charge in [-0.05, 0) is 56.4 Å². The lowest BCUT2D eigenvalue weighted by Gasteiger charge is -2.37. The molecule has 2 aliphatic rings. The number of allylic oxidation sites excluding steroid dienone is 1. The predicted octanol–water partition coefficient (Wildman–Crippen LogP) is 3.20. The highest BCUT2D eigenvalue weighted by molar-refractivity contribution is 5.92. The van der Waals surface area contributed by atoms with Crippen molar-refractivity contribution >= 4 is 5.91 Å². The third-order valence-corrected chi connectivity index (χ3v) is 5.27. The van der Waals surface area contributed by atoms with Gasteiger partial charge in [-0.25, -0.2) is 4.39 Å². The SMILES string of the molecule is CCO[C@@H]1OC(C(=O)N2CCCC2)=C[C@H](c2ccc(F)cc2)[C@@H]1CCCO. The second-order valence-corrected chi connectivity index (χ2v) is 7.08. The molecule has 2 heterocycles.